The van der Waals surface area contributed by atoms with Crippen molar-refractivity contribution in [1.29, 1.82) is 0 Å². The number of nitrogens with zero attached hydrogens (tertiary/aromatic N) is 3. The molecule has 0 saturated heterocycles. The number of amides is 1. The van der Waals surface area contributed by atoms with Crippen molar-refractivity contribution in [1.82, 2.24) is 4.98 Å². The zero-order valence-corrected chi connectivity index (χ0v) is 26.8. The van der Waals surface area contributed by atoms with Gasteiger partial charge >= 0.3 is 0 Å². The van der Waals surface area contributed by atoms with Gasteiger partial charge in [0, 0.05) is 40.7 Å². The van der Waals surface area contributed by atoms with E-state index in [9.17, 15) is 4.79 Å². The molecule has 0 aliphatic rings. The Hall–Kier alpha value is -5.01. The molecular formula is C38H36N4O2S. The summed E-state index contributed by atoms with van der Waals surface area (Å²) in [4.78, 5) is 26.7. The van der Waals surface area contributed by atoms with E-state index in [0.717, 1.165) is 58.0 Å². The van der Waals surface area contributed by atoms with E-state index < -0.39 is 0 Å². The highest BCUT2D eigenvalue weighted by molar-refractivity contribution is 7.16. The molecule has 2 aromatic heterocycles. The number of fused-ring (bicyclic) bond motifs is 1. The third kappa shape index (κ3) is 6.89. The summed E-state index contributed by atoms with van der Waals surface area (Å²) in [6.45, 7) is 10.1. The summed E-state index contributed by atoms with van der Waals surface area (Å²) in [5, 5.41) is 4.38. The molecule has 6 rings (SSSR count). The highest BCUT2D eigenvalue weighted by Crippen LogP contribution is 2.31. The fourth-order valence-corrected chi connectivity index (χ4v) is 6.28. The van der Waals surface area contributed by atoms with Gasteiger partial charge < -0.3 is 9.32 Å². The van der Waals surface area contributed by atoms with Crippen LogP contribution in [0.5, 0.6) is 0 Å². The van der Waals surface area contributed by atoms with Crippen LogP contribution in [0.2, 0.25) is 0 Å². The molecule has 0 aliphatic carbocycles. The van der Waals surface area contributed by atoms with Crippen LogP contribution < -0.4 is 15.8 Å². The molecule has 6 nitrogen and oxygen atoms in total. The molecule has 2 heterocycles. The Labute approximate surface area is 267 Å². The van der Waals surface area contributed by atoms with Crippen molar-refractivity contribution in [2.75, 3.05) is 23.3 Å². The quantitative estimate of drug-likeness (QED) is 0.177. The van der Waals surface area contributed by atoms with E-state index in [-0.39, 0.29) is 11.5 Å². The van der Waals surface area contributed by atoms with Gasteiger partial charge in [-0.3, -0.25) is 10.1 Å². The number of aryl methyl sites for hydroxylation is 2. The Morgan fingerprint density at radius 3 is 2.36 bits per heavy atom. The molecule has 4 aromatic carbocycles. The Kier molecular flexibility index (Phi) is 8.89. The summed E-state index contributed by atoms with van der Waals surface area (Å²) in [5.41, 5.74) is 8.52. The predicted octanol–water partition coefficient (Wildman–Crippen LogP) is 9.09. The van der Waals surface area contributed by atoms with Crippen LogP contribution in [0.1, 0.15) is 45.8 Å². The molecule has 0 fully saturated rings. The molecule has 0 radical (unpaired) electrons. The minimum atomic E-state index is -0.321. The van der Waals surface area contributed by atoms with Crippen molar-refractivity contribution >= 4 is 44.7 Å². The second-order valence-electron chi connectivity index (χ2n) is 11.0. The number of carbonyl (C=O) groups excluding carboxylic acids is 1. The molecule has 226 valence electrons. The zero-order valence-electron chi connectivity index (χ0n) is 26.0. The number of thiazole rings is 1. The monoisotopic (exact) mass is 612 g/mol. The Morgan fingerprint density at radius 2 is 1.62 bits per heavy atom. The van der Waals surface area contributed by atoms with Crippen molar-refractivity contribution < 1.29 is 9.21 Å². The maximum Gasteiger partial charge on any atom is 0.262 e. The van der Waals surface area contributed by atoms with Gasteiger partial charge in [0.05, 0.1) is 11.4 Å². The molecule has 7 heteroatoms. The van der Waals surface area contributed by atoms with Gasteiger partial charge in [0.2, 0.25) is 5.55 Å². The number of carbonyl (C=O) groups is 1. The first-order valence-electron chi connectivity index (χ1n) is 15.3. The summed E-state index contributed by atoms with van der Waals surface area (Å²) in [5.74, 6) is -0.321. The lowest BCUT2D eigenvalue weighted by Crippen LogP contribution is -2.22. The molecule has 1 amide bonds. The number of nitrogens with one attached hydrogen (secondary N) is 1. The summed E-state index contributed by atoms with van der Waals surface area (Å²) >= 11 is 1.45. The van der Waals surface area contributed by atoms with Crippen molar-refractivity contribution in [3.05, 3.63) is 136 Å². The lowest BCUT2D eigenvalue weighted by molar-refractivity contribution is 0.102. The van der Waals surface area contributed by atoms with Crippen LogP contribution in [0.15, 0.2) is 113 Å². The maximum absolute atomic E-state index is 13.8. The fraction of sp³-hybridized carbons (Fsp3) is 0.184. The van der Waals surface area contributed by atoms with Crippen LogP contribution in [-0.2, 0) is 6.42 Å². The summed E-state index contributed by atoms with van der Waals surface area (Å²) in [6, 6.07) is 34.7. The minimum absolute atomic E-state index is 0.254. The van der Waals surface area contributed by atoms with Crippen LogP contribution >= 0.6 is 11.3 Å². The van der Waals surface area contributed by atoms with E-state index in [0.29, 0.717) is 16.3 Å². The molecule has 0 unspecified atom stereocenters. The van der Waals surface area contributed by atoms with Gasteiger partial charge in [-0.2, -0.15) is 0 Å². The van der Waals surface area contributed by atoms with Crippen LogP contribution in [0.3, 0.4) is 0 Å². The largest absolute Gasteiger partial charge is 0.437 e. The average Bonchev–Trinajstić information content (AvgIpc) is 3.41. The van der Waals surface area contributed by atoms with Crippen molar-refractivity contribution in [2.24, 2.45) is 4.99 Å². The topological polar surface area (TPSA) is 70.7 Å². The second kappa shape index (κ2) is 13.3. The van der Waals surface area contributed by atoms with E-state index in [1.807, 2.05) is 62.4 Å². The first kappa shape index (κ1) is 30.0. The summed E-state index contributed by atoms with van der Waals surface area (Å²) in [7, 11) is 0. The third-order valence-electron chi connectivity index (χ3n) is 7.84. The normalized spacial score (nSPS) is 11.6. The fourth-order valence-electron chi connectivity index (χ4n) is 5.45. The van der Waals surface area contributed by atoms with Gasteiger partial charge in [-0.1, -0.05) is 66.7 Å². The number of benzene rings is 4. The van der Waals surface area contributed by atoms with Gasteiger partial charge in [0.25, 0.3) is 5.91 Å². The number of hydrogen-bond acceptors (Lipinski definition) is 6. The van der Waals surface area contributed by atoms with E-state index in [2.05, 4.69) is 78.7 Å². The Bertz CT molecular complexity index is 2020. The lowest BCUT2D eigenvalue weighted by Gasteiger charge is -2.21. The third-order valence-corrected chi connectivity index (χ3v) is 8.72. The van der Waals surface area contributed by atoms with Gasteiger partial charge in [-0.25, -0.2) is 9.98 Å². The van der Waals surface area contributed by atoms with Gasteiger partial charge in [0.1, 0.15) is 11.1 Å². The minimum Gasteiger partial charge on any atom is -0.437 e. The van der Waals surface area contributed by atoms with Crippen LogP contribution in [-0.4, -0.2) is 24.0 Å². The molecule has 0 atom stereocenters. The van der Waals surface area contributed by atoms with Crippen molar-refractivity contribution in [2.45, 2.75) is 34.1 Å². The smallest absolute Gasteiger partial charge is 0.262 e. The first-order chi connectivity index (χ1) is 21.9. The van der Waals surface area contributed by atoms with Crippen LogP contribution in [0, 0.1) is 13.8 Å². The lowest BCUT2D eigenvalue weighted by atomic mass is 10.0. The van der Waals surface area contributed by atoms with Crippen LogP contribution in [0.25, 0.3) is 22.2 Å². The zero-order chi connectivity index (χ0) is 31.3. The molecular weight excluding hydrogens is 577 g/mol. The highest BCUT2D eigenvalue weighted by Gasteiger charge is 2.18. The summed E-state index contributed by atoms with van der Waals surface area (Å²) < 4.78 is 6.36. The van der Waals surface area contributed by atoms with Gasteiger partial charge in [-0.05, 0) is 81.1 Å². The van der Waals surface area contributed by atoms with Gasteiger partial charge in [0.15, 0.2) is 5.13 Å². The number of hydrogen-bond donors (Lipinski definition) is 1. The molecule has 45 heavy (non-hydrogen) atoms. The van der Waals surface area contributed by atoms with E-state index in [1.54, 1.807) is 0 Å². The van der Waals surface area contributed by atoms with Crippen LogP contribution in [0.4, 0.5) is 16.5 Å². The predicted molar refractivity (Wildman–Crippen MR) is 186 cm³/mol. The van der Waals surface area contributed by atoms with E-state index in [4.69, 9.17) is 14.4 Å². The van der Waals surface area contributed by atoms with E-state index >= 15 is 0 Å². The number of aromatic nitrogens is 1. The number of rotatable bonds is 9. The Morgan fingerprint density at radius 1 is 0.867 bits per heavy atom. The molecule has 0 spiro atoms. The molecule has 0 bridgehead atoms. The SMILES string of the molecule is CCN(CC)c1ccc2cc(C(=O)Nc3nc(-c4ccc(Cc5ccccc5)cc4)c(C)s3)c(=Nc3cccc(C)c3)oc2c1. The molecule has 0 aliphatic heterocycles. The maximum atomic E-state index is 13.8. The molecule has 1 N–H and O–H groups in total. The molecule has 0 saturated carbocycles. The first-order valence-corrected chi connectivity index (χ1v) is 16.1. The van der Waals surface area contributed by atoms with Crippen molar-refractivity contribution in [3.8, 4) is 11.3 Å². The van der Waals surface area contributed by atoms with E-state index in [1.165, 1.54) is 22.5 Å². The standard InChI is InChI=1S/C38H36N4O2S/c1-5-42(6-2)32-20-19-30-23-33(37(44-34(30)24-32)39-31-14-10-11-25(3)21-31)36(43)41-38-40-35(26(4)45-38)29-17-15-28(16-18-29)22-27-12-8-7-9-13-27/h7-21,23-24H,5-6,22H2,1-4H3,(H,40,41,43). The molecule has 6 aromatic rings. The average molecular weight is 613 g/mol. The van der Waals surface area contributed by atoms with Gasteiger partial charge in [-0.15, -0.1) is 11.3 Å². The highest BCUT2D eigenvalue weighted by atomic mass is 32.1. The van der Waals surface area contributed by atoms with Crippen molar-refractivity contribution in [3.63, 3.8) is 0 Å². The second-order valence-corrected chi connectivity index (χ2v) is 12.3. The number of anilines is 2. The Balaban J connectivity index is 1.31. The summed E-state index contributed by atoms with van der Waals surface area (Å²) in [6.07, 6.45) is 0.877.